The average molecular weight is 353 g/mol. The fraction of sp³-hybridized carbons (Fsp3) is 0.529. The lowest BCUT2D eigenvalue weighted by atomic mass is 10.2. The van der Waals surface area contributed by atoms with Gasteiger partial charge in [0.15, 0.2) is 0 Å². The van der Waals surface area contributed by atoms with E-state index in [1.165, 1.54) is 12.1 Å². The van der Waals surface area contributed by atoms with E-state index in [0.717, 1.165) is 0 Å². The molecule has 3 amide bonds. The molecule has 0 aromatic heterocycles. The van der Waals surface area contributed by atoms with E-state index in [1.54, 1.807) is 36.2 Å². The van der Waals surface area contributed by atoms with Crippen LogP contribution in [-0.4, -0.2) is 69.9 Å². The normalized spacial score (nSPS) is 17.0. The number of anilines is 1. The number of amides is 3. The number of benzene rings is 1. The van der Waals surface area contributed by atoms with E-state index in [9.17, 15) is 14.0 Å². The van der Waals surface area contributed by atoms with E-state index >= 15 is 0 Å². The van der Waals surface area contributed by atoms with Crippen molar-refractivity contribution in [2.45, 2.75) is 12.5 Å². The summed E-state index contributed by atoms with van der Waals surface area (Å²) in [6, 6.07) is 5.18. The molecule has 0 saturated carbocycles. The lowest BCUT2D eigenvalue weighted by molar-refractivity contribution is -0.117. The summed E-state index contributed by atoms with van der Waals surface area (Å²) in [5.74, 6) is -0.454. The van der Waals surface area contributed by atoms with Crippen molar-refractivity contribution in [1.29, 1.82) is 0 Å². The molecule has 2 rings (SSSR count). The van der Waals surface area contributed by atoms with Crippen LogP contribution in [-0.2, 0) is 14.3 Å². The molecular formula is C17H24FN3O4. The standard InChI is InChI=1S/C17H24FN3O4/c1-24-9-7-20(8-10-25-2)17(23)19-14-11-16(22)21(12-14)15-5-3-13(18)4-6-15/h3-6,14H,7-12H2,1-2H3,(H,19,23). The van der Waals surface area contributed by atoms with Crippen molar-refractivity contribution >= 4 is 17.6 Å². The Morgan fingerprint density at radius 3 is 2.40 bits per heavy atom. The van der Waals surface area contributed by atoms with Crippen LogP contribution in [0.3, 0.4) is 0 Å². The molecule has 25 heavy (non-hydrogen) atoms. The molecule has 7 nitrogen and oxygen atoms in total. The van der Waals surface area contributed by atoms with Gasteiger partial charge in [-0.05, 0) is 24.3 Å². The van der Waals surface area contributed by atoms with Crippen LogP contribution in [0.5, 0.6) is 0 Å². The number of carbonyl (C=O) groups excluding carboxylic acids is 2. The number of nitrogens with zero attached hydrogens (tertiary/aromatic N) is 2. The number of ether oxygens (including phenoxy) is 2. The number of halogens is 1. The van der Waals surface area contributed by atoms with Crippen LogP contribution in [0.25, 0.3) is 0 Å². The smallest absolute Gasteiger partial charge is 0.317 e. The highest BCUT2D eigenvalue weighted by Crippen LogP contribution is 2.21. The second-order valence-electron chi connectivity index (χ2n) is 5.80. The van der Waals surface area contributed by atoms with Crippen molar-refractivity contribution in [2.75, 3.05) is 52.0 Å². The average Bonchev–Trinajstić information content (AvgIpc) is 2.96. The van der Waals surface area contributed by atoms with Gasteiger partial charge in [-0.25, -0.2) is 9.18 Å². The molecule has 1 aliphatic rings. The number of methoxy groups -OCH3 is 2. The topological polar surface area (TPSA) is 71.1 Å². The summed E-state index contributed by atoms with van der Waals surface area (Å²) in [6.07, 6.45) is 0.214. The van der Waals surface area contributed by atoms with Crippen molar-refractivity contribution in [2.24, 2.45) is 0 Å². The van der Waals surface area contributed by atoms with E-state index in [0.29, 0.717) is 38.5 Å². The van der Waals surface area contributed by atoms with E-state index in [2.05, 4.69) is 5.32 Å². The Kier molecular flexibility index (Phi) is 7.15. The molecule has 1 N–H and O–H groups in total. The lowest BCUT2D eigenvalue weighted by Gasteiger charge is -2.24. The molecule has 0 spiro atoms. The quantitative estimate of drug-likeness (QED) is 0.763. The molecule has 0 aliphatic carbocycles. The van der Waals surface area contributed by atoms with Gasteiger partial charge < -0.3 is 24.6 Å². The second-order valence-corrected chi connectivity index (χ2v) is 5.80. The summed E-state index contributed by atoms with van der Waals surface area (Å²) in [5, 5.41) is 2.88. The first-order valence-electron chi connectivity index (χ1n) is 8.14. The first-order valence-corrected chi connectivity index (χ1v) is 8.14. The third kappa shape index (κ3) is 5.40. The number of carbonyl (C=O) groups is 2. The van der Waals surface area contributed by atoms with Crippen LogP contribution in [0.4, 0.5) is 14.9 Å². The second kappa shape index (κ2) is 9.33. The molecule has 1 atom stereocenters. The highest BCUT2D eigenvalue weighted by molar-refractivity contribution is 5.96. The van der Waals surface area contributed by atoms with Gasteiger partial charge in [-0.3, -0.25) is 4.79 Å². The lowest BCUT2D eigenvalue weighted by Crippen LogP contribution is -2.47. The summed E-state index contributed by atoms with van der Waals surface area (Å²) in [7, 11) is 3.14. The molecule has 1 aliphatic heterocycles. The van der Waals surface area contributed by atoms with Gasteiger partial charge in [0.25, 0.3) is 0 Å². The highest BCUT2D eigenvalue weighted by atomic mass is 19.1. The van der Waals surface area contributed by atoms with Crippen molar-refractivity contribution in [3.63, 3.8) is 0 Å². The summed E-state index contributed by atoms with van der Waals surface area (Å²) < 4.78 is 23.1. The fourth-order valence-electron chi connectivity index (χ4n) is 2.66. The SMILES string of the molecule is COCCN(CCOC)C(=O)NC1CC(=O)N(c2ccc(F)cc2)C1. The van der Waals surface area contributed by atoms with E-state index in [1.807, 2.05) is 0 Å². The zero-order chi connectivity index (χ0) is 18.2. The number of rotatable bonds is 8. The maximum absolute atomic E-state index is 13.0. The summed E-state index contributed by atoms with van der Waals surface area (Å²) in [6.45, 7) is 2.07. The Morgan fingerprint density at radius 1 is 1.24 bits per heavy atom. The monoisotopic (exact) mass is 353 g/mol. The predicted octanol–water partition coefficient (Wildman–Crippen LogP) is 1.24. The Hall–Kier alpha value is -2.19. The van der Waals surface area contributed by atoms with Gasteiger partial charge in [0, 0.05) is 46.0 Å². The third-order valence-electron chi connectivity index (χ3n) is 4.01. The van der Waals surface area contributed by atoms with E-state index < -0.39 is 0 Å². The zero-order valence-electron chi connectivity index (χ0n) is 14.5. The van der Waals surface area contributed by atoms with Crippen molar-refractivity contribution in [3.05, 3.63) is 30.1 Å². The number of urea groups is 1. The highest BCUT2D eigenvalue weighted by Gasteiger charge is 2.32. The van der Waals surface area contributed by atoms with Crippen LogP contribution in [0.1, 0.15) is 6.42 Å². The molecule has 1 aromatic carbocycles. The summed E-state index contributed by atoms with van der Waals surface area (Å²) >= 11 is 0. The minimum absolute atomic E-state index is 0.0998. The molecule has 8 heteroatoms. The Morgan fingerprint density at radius 2 is 1.84 bits per heavy atom. The van der Waals surface area contributed by atoms with Crippen LogP contribution in [0.15, 0.2) is 24.3 Å². The molecule has 1 fully saturated rings. The van der Waals surface area contributed by atoms with Gasteiger partial charge in [-0.1, -0.05) is 0 Å². The Labute approximate surface area is 146 Å². The summed E-state index contributed by atoms with van der Waals surface area (Å²) in [5.41, 5.74) is 0.624. The van der Waals surface area contributed by atoms with Crippen LogP contribution in [0.2, 0.25) is 0 Å². The maximum Gasteiger partial charge on any atom is 0.317 e. The van der Waals surface area contributed by atoms with Crippen molar-refractivity contribution in [1.82, 2.24) is 10.2 Å². The summed E-state index contributed by atoms with van der Waals surface area (Å²) in [4.78, 5) is 27.8. The minimum Gasteiger partial charge on any atom is -0.383 e. The van der Waals surface area contributed by atoms with Gasteiger partial charge in [-0.2, -0.15) is 0 Å². The number of hydrogen-bond acceptors (Lipinski definition) is 4. The van der Waals surface area contributed by atoms with Gasteiger partial charge >= 0.3 is 6.03 Å². The van der Waals surface area contributed by atoms with Crippen LogP contribution < -0.4 is 10.2 Å². The maximum atomic E-state index is 13.0. The third-order valence-corrected chi connectivity index (χ3v) is 4.01. The van der Waals surface area contributed by atoms with Crippen LogP contribution in [0, 0.1) is 5.82 Å². The Balaban J connectivity index is 1.94. The van der Waals surface area contributed by atoms with Gasteiger partial charge in [-0.15, -0.1) is 0 Å². The van der Waals surface area contributed by atoms with Crippen molar-refractivity contribution in [3.8, 4) is 0 Å². The molecular weight excluding hydrogens is 329 g/mol. The molecule has 0 radical (unpaired) electrons. The molecule has 1 unspecified atom stereocenters. The van der Waals surface area contributed by atoms with Gasteiger partial charge in [0.05, 0.1) is 19.3 Å². The number of nitrogens with one attached hydrogen (secondary N) is 1. The number of hydrogen-bond donors (Lipinski definition) is 1. The largest absolute Gasteiger partial charge is 0.383 e. The van der Waals surface area contributed by atoms with Gasteiger partial charge in [0.2, 0.25) is 5.91 Å². The molecule has 1 heterocycles. The first-order chi connectivity index (χ1) is 12.0. The van der Waals surface area contributed by atoms with E-state index in [-0.39, 0.29) is 30.2 Å². The Bertz CT molecular complexity index is 574. The molecule has 138 valence electrons. The van der Waals surface area contributed by atoms with Crippen LogP contribution >= 0.6 is 0 Å². The molecule has 0 bridgehead atoms. The fourth-order valence-corrected chi connectivity index (χ4v) is 2.66. The predicted molar refractivity (Wildman–Crippen MR) is 91.0 cm³/mol. The molecule has 1 aromatic rings. The molecule has 1 saturated heterocycles. The van der Waals surface area contributed by atoms with Gasteiger partial charge in [0.1, 0.15) is 5.82 Å². The van der Waals surface area contributed by atoms with Crippen molar-refractivity contribution < 1.29 is 23.5 Å². The minimum atomic E-state index is -0.354. The van der Waals surface area contributed by atoms with E-state index in [4.69, 9.17) is 9.47 Å². The first kappa shape index (κ1) is 19.1. The zero-order valence-corrected chi connectivity index (χ0v) is 14.5.